The Morgan fingerprint density at radius 1 is 1.58 bits per heavy atom. The fourth-order valence-electron chi connectivity index (χ4n) is 1.85. The molecule has 1 aliphatic rings. The lowest BCUT2D eigenvalue weighted by Gasteiger charge is -2.24. The van der Waals surface area contributed by atoms with Crippen LogP contribution < -0.4 is 0 Å². The minimum atomic E-state index is -1.13. The summed E-state index contributed by atoms with van der Waals surface area (Å²) >= 11 is 1.39. The molecule has 5 nitrogen and oxygen atoms in total. The Labute approximate surface area is 119 Å². The van der Waals surface area contributed by atoms with Gasteiger partial charge in [0.05, 0.1) is 16.0 Å². The molecule has 0 N–H and O–H groups in total. The van der Waals surface area contributed by atoms with Crippen LogP contribution in [0.2, 0.25) is 0 Å². The van der Waals surface area contributed by atoms with Crippen LogP contribution in [0.1, 0.15) is 27.2 Å². The summed E-state index contributed by atoms with van der Waals surface area (Å²) in [7, 11) is -1.13. The quantitative estimate of drug-likeness (QED) is 0.841. The lowest BCUT2D eigenvalue weighted by atomic mass is 10.2. The molecule has 7 heteroatoms. The Kier molecular flexibility index (Phi) is 4.25. The predicted molar refractivity (Wildman–Crippen MR) is 74.7 cm³/mol. The van der Waals surface area contributed by atoms with E-state index in [1.54, 1.807) is 11.1 Å². The van der Waals surface area contributed by atoms with Crippen LogP contribution in [-0.2, 0) is 15.5 Å². The first-order chi connectivity index (χ1) is 8.87. The maximum absolute atomic E-state index is 12.2. The Hall–Kier alpha value is -0.950. The van der Waals surface area contributed by atoms with Crippen molar-refractivity contribution in [1.82, 2.24) is 9.88 Å². The monoisotopic (exact) mass is 302 g/mol. The van der Waals surface area contributed by atoms with Crippen molar-refractivity contribution in [3.8, 4) is 0 Å². The van der Waals surface area contributed by atoms with Gasteiger partial charge in [-0.25, -0.2) is 9.78 Å². The molecule has 0 spiro atoms. The zero-order valence-corrected chi connectivity index (χ0v) is 12.9. The van der Waals surface area contributed by atoms with Gasteiger partial charge >= 0.3 is 6.09 Å². The highest BCUT2D eigenvalue weighted by Gasteiger charge is 2.33. The standard InChI is InChI=1S/C12H18N2O3S2/c1-12(2,3)17-11(15)14-6-4-9(8-14)19(16)10-13-5-7-18-10/h5,7,9H,4,6,8H2,1-3H3/t9-,19-/m0/s1. The minimum Gasteiger partial charge on any atom is -0.444 e. The molecular formula is C12H18N2O3S2. The highest BCUT2D eigenvalue weighted by Crippen LogP contribution is 2.23. The number of carbonyl (C=O) groups is 1. The van der Waals surface area contributed by atoms with Crippen molar-refractivity contribution in [3.05, 3.63) is 11.6 Å². The number of amides is 1. The van der Waals surface area contributed by atoms with Crippen LogP contribution in [0.25, 0.3) is 0 Å². The molecule has 1 aromatic rings. The minimum absolute atomic E-state index is 0.0429. The highest BCUT2D eigenvalue weighted by molar-refractivity contribution is 7.87. The van der Waals surface area contributed by atoms with E-state index < -0.39 is 16.4 Å². The van der Waals surface area contributed by atoms with Gasteiger partial charge in [-0.05, 0) is 27.2 Å². The maximum Gasteiger partial charge on any atom is 0.410 e. The summed E-state index contributed by atoms with van der Waals surface area (Å²) in [6, 6.07) is 0. The lowest BCUT2D eigenvalue weighted by molar-refractivity contribution is 0.0295. The van der Waals surface area contributed by atoms with Crippen LogP contribution in [0.15, 0.2) is 15.9 Å². The summed E-state index contributed by atoms with van der Waals surface area (Å²) in [5.74, 6) is 0. The molecule has 19 heavy (non-hydrogen) atoms. The number of nitrogens with zero attached hydrogens (tertiary/aromatic N) is 2. The Morgan fingerprint density at radius 2 is 2.32 bits per heavy atom. The van der Waals surface area contributed by atoms with Gasteiger partial charge < -0.3 is 9.64 Å². The molecule has 1 fully saturated rings. The molecule has 0 aromatic carbocycles. The Bertz CT molecular complexity index is 468. The van der Waals surface area contributed by atoms with Crippen LogP contribution in [0.3, 0.4) is 0 Å². The second-order valence-corrected chi connectivity index (χ2v) is 8.23. The van der Waals surface area contributed by atoms with Gasteiger partial charge in [-0.3, -0.25) is 4.21 Å². The van der Waals surface area contributed by atoms with Crippen LogP contribution in [0, 0.1) is 0 Å². The average molecular weight is 302 g/mol. The molecule has 0 aliphatic carbocycles. The van der Waals surface area contributed by atoms with E-state index in [0.717, 1.165) is 6.42 Å². The molecule has 2 atom stereocenters. The molecule has 0 unspecified atom stereocenters. The lowest BCUT2D eigenvalue weighted by Crippen LogP contribution is -2.36. The van der Waals surface area contributed by atoms with Crippen molar-refractivity contribution in [2.24, 2.45) is 0 Å². The molecule has 1 amide bonds. The predicted octanol–water partition coefficient (Wildman–Crippen LogP) is 2.26. The number of thiazole rings is 1. The highest BCUT2D eigenvalue weighted by atomic mass is 32.2. The average Bonchev–Trinajstić information content (AvgIpc) is 2.98. The van der Waals surface area contributed by atoms with E-state index in [-0.39, 0.29) is 11.3 Å². The zero-order chi connectivity index (χ0) is 14.0. The van der Waals surface area contributed by atoms with Crippen LogP contribution in [-0.4, -0.2) is 44.1 Å². The number of carbonyl (C=O) groups excluding carboxylic acids is 1. The van der Waals surface area contributed by atoms with E-state index in [2.05, 4.69) is 4.98 Å². The van der Waals surface area contributed by atoms with E-state index in [9.17, 15) is 9.00 Å². The summed E-state index contributed by atoms with van der Waals surface area (Å²) < 4.78 is 18.2. The molecule has 1 saturated heterocycles. The van der Waals surface area contributed by atoms with E-state index in [4.69, 9.17) is 4.74 Å². The SMILES string of the molecule is CC(C)(C)OC(=O)N1CC[C@H]([S@](=O)c2nccs2)C1. The third-order valence-electron chi connectivity index (χ3n) is 2.68. The van der Waals surface area contributed by atoms with Crippen molar-refractivity contribution < 1.29 is 13.7 Å². The first-order valence-corrected chi connectivity index (χ1v) is 8.24. The van der Waals surface area contributed by atoms with Gasteiger partial charge in [0.1, 0.15) is 5.60 Å². The Morgan fingerprint density at radius 3 is 2.89 bits per heavy atom. The van der Waals surface area contributed by atoms with Crippen molar-refractivity contribution in [2.75, 3.05) is 13.1 Å². The second kappa shape index (κ2) is 5.58. The molecule has 0 radical (unpaired) electrons. The summed E-state index contributed by atoms with van der Waals surface area (Å²) in [5, 5.41) is 1.77. The van der Waals surface area contributed by atoms with Gasteiger partial charge in [-0.15, -0.1) is 11.3 Å². The van der Waals surface area contributed by atoms with E-state index in [1.165, 1.54) is 11.3 Å². The maximum atomic E-state index is 12.2. The van der Waals surface area contributed by atoms with Crippen LogP contribution in [0.5, 0.6) is 0 Å². The largest absolute Gasteiger partial charge is 0.444 e. The number of hydrogen-bond donors (Lipinski definition) is 0. The fraction of sp³-hybridized carbons (Fsp3) is 0.667. The van der Waals surface area contributed by atoms with Gasteiger partial charge in [0.15, 0.2) is 4.34 Å². The molecular weight excluding hydrogens is 284 g/mol. The zero-order valence-electron chi connectivity index (χ0n) is 11.3. The third kappa shape index (κ3) is 3.76. The number of aromatic nitrogens is 1. The molecule has 106 valence electrons. The molecule has 1 aromatic heterocycles. The van der Waals surface area contributed by atoms with Crippen molar-refractivity contribution in [1.29, 1.82) is 0 Å². The van der Waals surface area contributed by atoms with Gasteiger partial charge in [-0.1, -0.05) is 0 Å². The van der Waals surface area contributed by atoms with Gasteiger partial charge in [0.2, 0.25) is 0 Å². The number of likely N-dealkylation sites (tertiary alicyclic amines) is 1. The number of ether oxygens (including phenoxy) is 1. The first-order valence-electron chi connectivity index (χ1n) is 6.15. The van der Waals surface area contributed by atoms with E-state index in [0.29, 0.717) is 17.4 Å². The number of rotatable bonds is 2. The summed E-state index contributed by atoms with van der Waals surface area (Å²) in [4.78, 5) is 17.6. The number of hydrogen-bond acceptors (Lipinski definition) is 5. The molecule has 0 bridgehead atoms. The Balaban J connectivity index is 1.93. The summed E-state index contributed by atoms with van der Waals surface area (Å²) in [6.45, 7) is 6.59. The third-order valence-corrected chi connectivity index (χ3v) is 5.47. The summed E-state index contributed by atoms with van der Waals surface area (Å²) in [5.41, 5.74) is -0.496. The topological polar surface area (TPSA) is 59.5 Å². The van der Waals surface area contributed by atoms with Crippen molar-refractivity contribution >= 4 is 28.2 Å². The summed E-state index contributed by atoms with van der Waals surface area (Å²) in [6.07, 6.45) is 2.05. The van der Waals surface area contributed by atoms with E-state index in [1.807, 2.05) is 26.2 Å². The van der Waals surface area contributed by atoms with Crippen LogP contribution in [0.4, 0.5) is 4.79 Å². The molecule has 2 rings (SSSR count). The normalized spacial score (nSPS) is 21.4. The van der Waals surface area contributed by atoms with Crippen molar-refractivity contribution in [3.63, 3.8) is 0 Å². The molecule has 0 saturated carbocycles. The fourth-order valence-corrected chi connectivity index (χ4v) is 4.25. The van der Waals surface area contributed by atoms with Gasteiger partial charge in [-0.2, -0.15) is 0 Å². The molecule has 2 heterocycles. The molecule has 1 aliphatic heterocycles. The van der Waals surface area contributed by atoms with Crippen LogP contribution >= 0.6 is 11.3 Å². The first kappa shape index (κ1) is 14.5. The van der Waals surface area contributed by atoms with Gasteiger partial charge in [0.25, 0.3) is 0 Å². The second-order valence-electron chi connectivity index (χ2n) is 5.43. The van der Waals surface area contributed by atoms with E-state index >= 15 is 0 Å². The van der Waals surface area contributed by atoms with Crippen molar-refractivity contribution in [2.45, 2.75) is 42.4 Å². The smallest absolute Gasteiger partial charge is 0.410 e. The van der Waals surface area contributed by atoms with Gasteiger partial charge in [0, 0.05) is 24.7 Å².